The largest absolute Gasteiger partial charge is 0.360 e. The predicted octanol–water partition coefficient (Wildman–Crippen LogP) is 2.56. The summed E-state index contributed by atoms with van der Waals surface area (Å²) >= 11 is 6.91. The summed E-state index contributed by atoms with van der Waals surface area (Å²) in [4.78, 5) is 19.2. The molecule has 2 aromatic rings. The lowest BCUT2D eigenvalue weighted by molar-refractivity contribution is -0.907. The molecule has 2 saturated heterocycles. The lowest BCUT2D eigenvalue weighted by Gasteiger charge is -2.35. The van der Waals surface area contributed by atoms with Gasteiger partial charge in [-0.3, -0.25) is 4.79 Å². The molecule has 2 heterocycles. The highest BCUT2D eigenvalue weighted by Crippen LogP contribution is 2.31. The number of thiocarbonyl (C=S) groups is 1. The van der Waals surface area contributed by atoms with Crippen molar-refractivity contribution >= 4 is 46.0 Å². The number of nitrogens with zero attached hydrogens (tertiary/aromatic N) is 2. The number of rotatable bonds is 4. The van der Waals surface area contributed by atoms with Crippen molar-refractivity contribution in [3.8, 4) is 0 Å². The predicted molar refractivity (Wildman–Crippen MR) is 120 cm³/mol. The lowest BCUT2D eigenvalue weighted by Crippen LogP contribution is -3.16. The second kappa shape index (κ2) is 8.47. The van der Waals surface area contributed by atoms with Crippen LogP contribution in [-0.4, -0.2) is 48.0 Å². The number of thioether (sulfide) groups is 1. The number of benzene rings is 2. The highest BCUT2D eigenvalue weighted by atomic mass is 32.2. The van der Waals surface area contributed by atoms with E-state index < -0.39 is 0 Å². The van der Waals surface area contributed by atoms with Crippen LogP contribution in [0.25, 0.3) is 6.08 Å². The number of nitrogens with one attached hydrogen (secondary N) is 1. The third kappa shape index (κ3) is 4.29. The first-order valence-electron chi connectivity index (χ1n) is 9.56. The van der Waals surface area contributed by atoms with Crippen LogP contribution in [0.1, 0.15) is 11.1 Å². The summed E-state index contributed by atoms with van der Waals surface area (Å²) in [6, 6.07) is 18.6. The molecular formula is C22H24N3OS2+. The van der Waals surface area contributed by atoms with Crippen molar-refractivity contribution in [1.29, 1.82) is 0 Å². The van der Waals surface area contributed by atoms with Gasteiger partial charge in [0.2, 0.25) is 0 Å². The molecule has 0 aliphatic carbocycles. The van der Waals surface area contributed by atoms with Crippen molar-refractivity contribution in [1.82, 2.24) is 4.90 Å². The molecule has 0 bridgehead atoms. The zero-order valence-electron chi connectivity index (χ0n) is 15.9. The normalized spacial score (nSPS) is 19.7. The molecule has 1 amide bonds. The summed E-state index contributed by atoms with van der Waals surface area (Å²) in [5.74, 6) is 0.0347. The number of anilines is 1. The average Bonchev–Trinajstić information content (AvgIpc) is 2.97. The van der Waals surface area contributed by atoms with E-state index >= 15 is 0 Å². The molecule has 2 aliphatic heterocycles. The first-order valence-corrected chi connectivity index (χ1v) is 10.8. The van der Waals surface area contributed by atoms with Gasteiger partial charge in [-0.05, 0) is 36.3 Å². The van der Waals surface area contributed by atoms with Crippen molar-refractivity contribution in [2.75, 3.05) is 37.7 Å². The number of hydrogen-bond acceptors (Lipinski definition) is 4. The summed E-state index contributed by atoms with van der Waals surface area (Å²) in [7, 11) is 0. The maximum atomic E-state index is 12.8. The Hall–Kier alpha value is -2.15. The van der Waals surface area contributed by atoms with E-state index in [2.05, 4.69) is 36.1 Å². The lowest BCUT2D eigenvalue weighted by atomic mass is 10.2. The summed E-state index contributed by atoms with van der Waals surface area (Å²) in [5.41, 5.74) is 3.60. The van der Waals surface area contributed by atoms with Crippen molar-refractivity contribution in [3.05, 3.63) is 70.6 Å². The van der Waals surface area contributed by atoms with Crippen LogP contribution in [0.5, 0.6) is 0 Å². The Morgan fingerprint density at radius 3 is 2.57 bits per heavy atom. The minimum atomic E-state index is 0.0347. The molecule has 0 unspecified atom stereocenters. The van der Waals surface area contributed by atoms with Crippen LogP contribution in [0.4, 0.5) is 5.69 Å². The molecule has 2 fully saturated rings. The maximum absolute atomic E-state index is 12.8. The molecule has 0 aromatic heterocycles. The summed E-state index contributed by atoms with van der Waals surface area (Å²) < 4.78 is 0.667. The molecule has 0 atom stereocenters. The van der Waals surface area contributed by atoms with Gasteiger partial charge in [-0.1, -0.05) is 66.4 Å². The summed E-state index contributed by atoms with van der Waals surface area (Å²) in [6.07, 6.45) is 1.93. The Labute approximate surface area is 175 Å². The Morgan fingerprint density at radius 1 is 1.11 bits per heavy atom. The van der Waals surface area contributed by atoms with Gasteiger partial charge in [0.15, 0.2) is 11.0 Å². The van der Waals surface area contributed by atoms with E-state index in [1.54, 1.807) is 4.90 Å². The molecule has 28 heavy (non-hydrogen) atoms. The molecule has 4 nitrogen and oxygen atoms in total. The van der Waals surface area contributed by atoms with E-state index in [1.807, 2.05) is 36.4 Å². The van der Waals surface area contributed by atoms with E-state index in [-0.39, 0.29) is 5.91 Å². The molecule has 2 aliphatic rings. The summed E-state index contributed by atoms with van der Waals surface area (Å²) in [5, 5.41) is 0. The van der Waals surface area contributed by atoms with Crippen molar-refractivity contribution < 1.29 is 9.69 Å². The fourth-order valence-corrected chi connectivity index (χ4v) is 4.88. The minimum absolute atomic E-state index is 0.0347. The van der Waals surface area contributed by atoms with Crippen LogP contribution < -0.4 is 9.80 Å². The van der Waals surface area contributed by atoms with Crippen molar-refractivity contribution in [3.63, 3.8) is 0 Å². The number of quaternary nitrogens is 1. The quantitative estimate of drug-likeness (QED) is 0.619. The standard InChI is InChI=1S/C22H23N3OS2/c1-17-6-5-9-19(14-17)24-12-10-23(11-13-24)16-25-21(26)20(28-22(25)27)15-18-7-3-2-4-8-18/h2-9,14-15H,10-13,16H2,1H3/p+1/b20-15+. The zero-order valence-corrected chi connectivity index (χ0v) is 17.6. The number of aryl methyl sites for hydroxylation is 1. The molecule has 6 heteroatoms. The van der Waals surface area contributed by atoms with Gasteiger partial charge in [0.1, 0.15) is 0 Å². The Morgan fingerprint density at radius 2 is 1.86 bits per heavy atom. The molecule has 144 valence electrons. The fourth-order valence-electron chi connectivity index (χ4n) is 3.62. The van der Waals surface area contributed by atoms with Crippen LogP contribution in [-0.2, 0) is 4.79 Å². The van der Waals surface area contributed by atoms with E-state index in [4.69, 9.17) is 12.2 Å². The first kappa shape index (κ1) is 19.2. The van der Waals surface area contributed by atoms with Crippen LogP contribution in [0, 0.1) is 6.92 Å². The molecule has 1 N–H and O–H groups in total. The first-order chi connectivity index (χ1) is 13.6. The van der Waals surface area contributed by atoms with E-state index in [0.29, 0.717) is 15.9 Å². The van der Waals surface area contributed by atoms with Crippen LogP contribution in [0.15, 0.2) is 59.5 Å². The zero-order chi connectivity index (χ0) is 19.5. The smallest absolute Gasteiger partial charge is 0.270 e. The van der Waals surface area contributed by atoms with Gasteiger partial charge < -0.3 is 9.80 Å². The average molecular weight is 411 g/mol. The Balaban J connectivity index is 1.37. The van der Waals surface area contributed by atoms with Crippen LogP contribution >= 0.6 is 24.0 Å². The molecule has 4 rings (SSSR count). The monoisotopic (exact) mass is 410 g/mol. The molecule has 0 radical (unpaired) electrons. The number of hydrogen-bond donors (Lipinski definition) is 1. The highest BCUT2D eigenvalue weighted by molar-refractivity contribution is 8.26. The van der Waals surface area contributed by atoms with Gasteiger partial charge in [-0.25, -0.2) is 4.90 Å². The topological polar surface area (TPSA) is 28.0 Å². The third-order valence-corrected chi connectivity index (χ3v) is 6.57. The highest BCUT2D eigenvalue weighted by Gasteiger charge is 2.35. The molecule has 0 saturated carbocycles. The van der Waals surface area contributed by atoms with Crippen molar-refractivity contribution in [2.24, 2.45) is 0 Å². The van der Waals surface area contributed by atoms with E-state index in [0.717, 1.165) is 31.7 Å². The number of carbonyl (C=O) groups is 1. The van der Waals surface area contributed by atoms with Gasteiger partial charge >= 0.3 is 0 Å². The van der Waals surface area contributed by atoms with Gasteiger partial charge in [-0.2, -0.15) is 0 Å². The van der Waals surface area contributed by atoms with Gasteiger partial charge in [0, 0.05) is 5.69 Å². The SMILES string of the molecule is Cc1cccc(N2CC[NH+](CN3C(=O)/C(=C\c4ccccc4)SC3=S)CC2)c1. The molecule has 2 aromatic carbocycles. The summed E-state index contributed by atoms with van der Waals surface area (Å²) in [6.45, 7) is 6.77. The van der Waals surface area contributed by atoms with Crippen molar-refractivity contribution in [2.45, 2.75) is 6.92 Å². The number of piperazine rings is 1. The minimum Gasteiger partial charge on any atom is -0.360 e. The molecule has 0 spiro atoms. The van der Waals surface area contributed by atoms with Gasteiger partial charge in [-0.15, -0.1) is 0 Å². The van der Waals surface area contributed by atoms with Crippen LogP contribution in [0.3, 0.4) is 0 Å². The second-order valence-corrected chi connectivity index (χ2v) is 8.93. The van der Waals surface area contributed by atoms with E-state index in [1.165, 1.54) is 27.9 Å². The van der Waals surface area contributed by atoms with Gasteiger partial charge in [0.05, 0.1) is 31.1 Å². The maximum Gasteiger partial charge on any atom is 0.270 e. The number of carbonyl (C=O) groups excluding carboxylic acids is 1. The fraction of sp³-hybridized carbons (Fsp3) is 0.273. The van der Waals surface area contributed by atoms with Gasteiger partial charge in [0.25, 0.3) is 5.91 Å². The Bertz CT molecular complexity index is 905. The second-order valence-electron chi connectivity index (χ2n) is 7.25. The number of amides is 1. The molecular weight excluding hydrogens is 386 g/mol. The third-order valence-electron chi connectivity index (χ3n) is 5.19. The van der Waals surface area contributed by atoms with Crippen LogP contribution in [0.2, 0.25) is 0 Å². The van der Waals surface area contributed by atoms with E-state index in [9.17, 15) is 4.79 Å². The Kier molecular flexibility index (Phi) is 5.80.